The highest BCUT2D eigenvalue weighted by molar-refractivity contribution is 6.74. The van der Waals surface area contributed by atoms with E-state index in [0.29, 0.717) is 6.61 Å². The van der Waals surface area contributed by atoms with E-state index in [9.17, 15) is 4.79 Å². The molecule has 1 aliphatic heterocycles. The first kappa shape index (κ1) is 41.3. The van der Waals surface area contributed by atoms with Crippen molar-refractivity contribution in [3.63, 3.8) is 0 Å². The third-order valence-corrected chi connectivity index (χ3v) is 14.2. The van der Waals surface area contributed by atoms with Gasteiger partial charge >= 0.3 is 6.16 Å². The summed E-state index contributed by atoms with van der Waals surface area (Å²) in [6.07, 6.45) is 18.4. The molecule has 0 aromatic rings. The van der Waals surface area contributed by atoms with Gasteiger partial charge in [0.1, 0.15) is 6.10 Å². The number of unbranched alkanes of at least 4 members (excludes halogenated alkanes) is 11. The summed E-state index contributed by atoms with van der Waals surface area (Å²) in [7, 11) is 0.383. The van der Waals surface area contributed by atoms with Crippen LogP contribution in [0.25, 0.3) is 0 Å². The summed E-state index contributed by atoms with van der Waals surface area (Å²) >= 11 is 0. The van der Waals surface area contributed by atoms with E-state index in [1.807, 2.05) is 0 Å². The lowest BCUT2D eigenvalue weighted by Crippen LogP contribution is -2.53. The van der Waals surface area contributed by atoms with Crippen LogP contribution >= 0.6 is 0 Å². The van der Waals surface area contributed by atoms with Crippen LogP contribution in [0.4, 0.5) is 4.79 Å². The maximum atomic E-state index is 12.4. The predicted octanol–water partition coefficient (Wildman–Crippen LogP) is 9.02. The van der Waals surface area contributed by atoms with Crippen molar-refractivity contribution < 1.29 is 18.7 Å². The maximum absolute atomic E-state index is 12.4. The van der Waals surface area contributed by atoms with Crippen LogP contribution in [0.1, 0.15) is 137 Å². The first-order valence-corrected chi connectivity index (χ1v) is 21.5. The van der Waals surface area contributed by atoms with Gasteiger partial charge in [0.15, 0.2) is 8.32 Å². The number of likely N-dealkylation sites (N-methyl/N-ethyl adjacent to an activating group) is 1. The van der Waals surface area contributed by atoms with Gasteiger partial charge in [0.2, 0.25) is 0 Å². The molecule has 8 heteroatoms. The second-order valence-electron chi connectivity index (χ2n) is 15.0. The van der Waals surface area contributed by atoms with Crippen molar-refractivity contribution in [2.75, 3.05) is 59.5 Å². The Labute approximate surface area is 275 Å². The Bertz CT molecular complexity index is 695. The van der Waals surface area contributed by atoms with Gasteiger partial charge in [0.05, 0.1) is 12.7 Å². The molecule has 0 aromatic heterocycles. The topological polar surface area (TPSA) is 63.3 Å². The van der Waals surface area contributed by atoms with E-state index in [2.05, 4.69) is 69.9 Å². The molecular formula is C36H75N3O4Si. The second-order valence-corrected chi connectivity index (χ2v) is 19.7. The summed E-state index contributed by atoms with van der Waals surface area (Å²) in [5.74, 6) is 0. The van der Waals surface area contributed by atoms with Crippen molar-refractivity contribution in [2.45, 2.75) is 168 Å². The molecule has 7 nitrogen and oxygen atoms in total. The summed E-state index contributed by atoms with van der Waals surface area (Å²) in [4.78, 5) is 17.4. The molecule has 1 rings (SSSR count). The molecule has 0 aliphatic carbocycles. The number of piperazine rings is 1. The molecule has 1 aliphatic rings. The largest absolute Gasteiger partial charge is 0.508 e. The van der Waals surface area contributed by atoms with Crippen molar-refractivity contribution in [2.24, 2.45) is 0 Å². The van der Waals surface area contributed by atoms with Crippen LogP contribution in [0.5, 0.6) is 0 Å². The van der Waals surface area contributed by atoms with Gasteiger partial charge in [-0.1, -0.05) is 98.8 Å². The molecule has 44 heavy (non-hydrogen) atoms. The van der Waals surface area contributed by atoms with E-state index in [4.69, 9.17) is 13.9 Å². The van der Waals surface area contributed by atoms with Crippen LogP contribution < -0.4 is 5.32 Å². The standard InChI is InChI=1S/C36H75N3O4Si/c1-9-11-13-15-16-20-24-33(23-19-14-12-10-2)42-35(40)41-30-22-18-17-21-25-37-31-34(43-44(7,8)36(3,4)5)32-39-28-26-38(6)27-29-39/h33-34,37H,9-32H2,1-8H3. The SMILES string of the molecule is CCCCCCCCC(CCCCCC)OC(=O)OCCCCCCNCC(CN1CCN(C)CC1)O[Si](C)(C)C(C)(C)C. The van der Waals surface area contributed by atoms with Gasteiger partial charge < -0.3 is 24.1 Å². The molecule has 1 saturated heterocycles. The quantitative estimate of drug-likeness (QED) is 0.0574. The lowest BCUT2D eigenvalue weighted by molar-refractivity contribution is 0.0154. The maximum Gasteiger partial charge on any atom is 0.508 e. The fourth-order valence-electron chi connectivity index (χ4n) is 5.56. The minimum absolute atomic E-state index is 0.0114. The Morgan fingerprint density at radius 3 is 1.93 bits per heavy atom. The third-order valence-electron chi connectivity index (χ3n) is 9.69. The first-order valence-electron chi connectivity index (χ1n) is 18.6. The molecule has 1 N–H and O–H groups in total. The van der Waals surface area contributed by atoms with Gasteiger partial charge in [0.25, 0.3) is 0 Å². The summed E-state index contributed by atoms with van der Waals surface area (Å²) < 4.78 is 18.1. The zero-order chi connectivity index (χ0) is 32.7. The van der Waals surface area contributed by atoms with Crippen LogP contribution in [0.3, 0.4) is 0 Å². The number of carbonyl (C=O) groups is 1. The summed E-state index contributed by atoms with van der Waals surface area (Å²) in [5.41, 5.74) is 0. The Morgan fingerprint density at radius 2 is 1.32 bits per heavy atom. The zero-order valence-corrected chi connectivity index (χ0v) is 31.7. The summed E-state index contributed by atoms with van der Waals surface area (Å²) in [5, 5.41) is 3.91. The van der Waals surface area contributed by atoms with Crippen LogP contribution in [0, 0.1) is 0 Å². The highest BCUT2D eigenvalue weighted by Gasteiger charge is 2.39. The number of rotatable bonds is 26. The highest BCUT2D eigenvalue weighted by atomic mass is 28.4. The molecule has 0 aromatic carbocycles. The molecule has 2 unspecified atom stereocenters. The molecule has 0 spiro atoms. The molecule has 0 amide bonds. The third kappa shape index (κ3) is 20.5. The predicted molar refractivity (Wildman–Crippen MR) is 190 cm³/mol. The lowest BCUT2D eigenvalue weighted by atomic mass is 10.0. The van der Waals surface area contributed by atoms with Crippen LogP contribution in [0.2, 0.25) is 18.1 Å². The van der Waals surface area contributed by atoms with E-state index in [0.717, 1.165) is 97.2 Å². The van der Waals surface area contributed by atoms with Crippen molar-refractivity contribution in [1.29, 1.82) is 0 Å². The Morgan fingerprint density at radius 1 is 0.773 bits per heavy atom. The number of hydrogen-bond acceptors (Lipinski definition) is 7. The van der Waals surface area contributed by atoms with E-state index in [-0.39, 0.29) is 17.2 Å². The van der Waals surface area contributed by atoms with Crippen molar-refractivity contribution in [3.05, 3.63) is 0 Å². The molecule has 0 radical (unpaired) electrons. The fourth-order valence-corrected chi connectivity index (χ4v) is 6.91. The zero-order valence-electron chi connectivity index (χ0n) is 30.7. The van der Waals surface area contributed by atoms with Crippen LogP contribution in [-0.4, -0.2) is 95.9 Å². The first-order chi connectivity index (χ1) is 21.0. The fraction of sp³-hybridized carbons (Fsp3) is 0.972. The number of ether oxygens (including phenoxy) is 2. The van der Waals surface area contributed by atoms with Crippen LogP contribution in [0.15, 0.2) is 0 Å². The van der Waals surface area contributed by atoms with E-state index >= 15 is 0 Å². The summed E-state index contributed by atoms with van der Waals surface area (Å²) in [6, 6.07) is 0. The minimum atomic E-state index is -1.83. The van der Waals surface area contributed by atoms with Crippen molar-refractivity contribution in [3.8, 4) is 0 Å². The molecule has 2 atom stereocenters. The van der Waals surface area contributed by atoms with E-state index in [1.54, 1.807) is 0 Å². The monoisotopic (exact) mass is 642 g/mol. The summed E-state index contributed by atoms with van der Waals surface area (Å²) in [6.45, 7) is 24.1. The molecule has 0 saturated carbocycles. The molecule has 1 fully saturated rings. The number of nitrogens with zero attached hydrogens (tertiary/aromatic N) is 2. The lowest BCUT2D eigenvalue weighted by Gasteiger charge is -2.41. The van der Waals surface area contributed by atoms with Crippen molar-refractivity contribution in [1.82, 2.24) is 15.1 Å². The number of carbonyl (C=O) groups excluding carboxylic acids is 1. The Hall–Kier alpha value is -0.673. The van der Waals surface area contributed by atoms with Gasteiger partial charge in [-0.2, -0.15) is 0 Å². The molecular weight excluding hydrogens is 566 g/mol. The smallest absolute Gasteiger partial charge is 0.434 e. The average Bonchev–Trinajstić information content (AvgIpc) is 2.96. The molecule has 1 heterocycles. The van der Waals surface area contributed by atoms with Gasteiger partial charge in [-0.25, -0.2) is 4.79 Å². The second kappa shape index (κ2) is 24.5. The van der Waals surface area contributed by atoms with Gasteiger partial charge in [0, 0.05) is 39.3 Å². The number of nitrogens with one attached hydrogen (secondary N) is 1. The van der Waals surface area contributed by atoms with Gasteiger partial charge in [-0.3, -0.25) is 4.90 Å². The normalized spacial score (nSPS) is 16.6. The van der Waals surface area contributed by atoms with Crippen LogP contribution in [-0.2, 0) is 13.9 Å². The number of hydrogen-bond donors (Lipinski definition) is 1. The van der Waals surface area contributed by atoms with E-state index in [1.165, 1.54) is 51.4 Å². The Balaban J connectivity index is 2.28. The highest BCUT2D eigenvalue weighted by Crippen LogP contribution is 2.37. The molecule has 262 valence electrons. The Kier molecular flexibility index (Phi) is 23.0. The van der Waals surface area contributed by atoms with Crippen molar-refractivity contribution >= 4 is 14.5 Å². The van der Waals surface area contributed by atoms with Gasteiger partial charge in [-0.15, -0.1) is 0 Å². The minimum Gasteiger partial charge on any atom is -0.434 e. The molecule has 0 bridgehead atoms. The van der Waals surface area contributed by atoms with Gasteiger partial charge in [-0.05, 0) is 70.2 Å². The van der Waals surface area contributed by atoms with E-state index < -0.39 is 14.5 Å². The average molecular weight is 642 g/mol.